The predicted molar refractivity (Wildman–Crippen MR) is 98.2 cm³/mol. The van der Waals surface area contributed by atoms with E-state index >= 15 is 0 Å². The molecule has 0 spiro atoms. The fourth-order valence-corrected chi connectivity index (χ4v) is 3.81. The van der Waals surface area contributed by atoms with Gasteiger partial charge in [0, 0.05) is 42.0 Å². The molecule has 3 heterocycles. The molecule has 130 valence electrons. The zero-order chi connectivity index (χ0) is 18.1. The monoisotopic (exact) mass is 366 g/mol. The van der Waals surface area contributed by atoms with E-state index in [2.05, 4.69) is 9.97 Å². The second-order valence-electron chi connectivity index (χ2n) is 5.93. The van der Waals surface area contributed by atoms with Gasteiger partial charge in [0.25, 0.3) is 5.69 Å². The Morgan fingerprint density at radius 3 is 3.00 bits per heavy atom. The van der Waals surface area contributed by atoms with E-state index in [9.17, 15) is 14.9 Å². The van der Waals surface area contributed by atoms with E-state index in [1.807, 2.05) is 17.5 Å². The first-order valence-electron chi connectivity index (χ1n) is 8.04. The third-order valence-corrected chi connectivity index (χ3v) is 5.21. The number of nitro groups is 1. The minimum absolute atomic E-state index is 0.00373. The van der Waals surface area contributed by atoms with Gasteiger partial charge in [-0.1, -0.05) is 6.07 Å². The van der Waals surface area contributed by atoms with Gasteiger partial charge in [0.15, 0.2) is 0 Å². The number of carbonyl (C=O) groups excluding carboxylic acids is 1. The number of non-ortho nitro benzene ring substituents is 1. The molecule has 0 saturated carbocycles. The first-order valence-corrected chi connectivity index (χ1v) is 8.92. The van der Waals surface area contributed by atoms with E-state index in [4.69, 9.17) is 0 Å². The molecule has 0 radical (unpaired) electrons. The van der Waals surface area contributed by atoms with Gasteiger partial charge in [-0.2, -0.15) is 0 Å². The molecule has 26 heavy (non-hydrogen) atoms. The lowest BCUT2D eigenvalue weighted by Crippen LogP contribution is -2.30. The number of nitrogens with zero attached hydrogens (tertiary/aromatic N) is 4. The summed E-state index contributed by atoms with van der Waals surface area (Å²) >= 11 is 1.47. The number of hydrogen-bond acceptors (Lipinski definition) is 6. The van der Waals surface area contributed by atoms with Crippen LogP contribution in [0, 0.1) is 10.1 Å². The van der Waals surface area contributed by atoms with Crippen LogP contribution in [0.2, 0.25) is 0 Å². The topological polar surface area (TPSA) is 89.2 Å². The molecular weight excluding hydrogens is 352 g/mol. The van der Waals surface area contributed by atoms with Gasteiger partial charge in [-0.3, -0.25) is 19.9 Å². The highest BCUT2D eigenvalue weighted by atomic mass is 32.1. The number of nitro benzene ring substituents is 1. The van der Waals surface area contributed by atoms with Crippen LogP contribution in [0.25, 0.3) is 10.6 Å². The summed E-state index contributed by atoms with van der Waals surface area (Å²) in [5, 5.41) is 13.7. The van der Waals surface area contributed by atoms with Crippen molar-refractivity contribution in [1.29, 1.82) is 0 Å². The van der Waals surface area contributed by atoms with Crippen molar-refractivity contribution in [2.24, 2.45) is 0 Å². The molecule has 0 bridgehead atoms. The summed E-state index contributed by atoms with van der Waals surface area (Å²) in [5.74, 6) is -0.104. The lowest BCUT2D eigenvalue weighted by Gasteiger charge is -2.16. The molecule has 0 atom stereocenters. The largest absolute Gasteiger partial charge is 0.311 e. The van der Waals surface area contributed by atoms with Gasteiger partial charge in [-0.15, -0.1) is 11.3 Å². The zero-order valence-electron chi connectivity index (χ0n) is 13.7. The van der Waals surface area contributed by atoms with Crippen LogP contribution in [-0.2, 0) is 17.6 Å². The molecule has 0 aliphatic carbocycles. The zero-order valence-corrected chi connectivity index (χ0v) is 14.5. The van der Waals surface area contributed by atoms with Gasteiger partial charge in [0.2, 0.25) is 5.91 Å². The lowest BCUT2D eigenvalue weighted by atomic mass is 10.1. The summed E-state index contributed by atoms with van der Waals surface area (Å²) in [5.41, 5.74) is 3.19. The van der Waals surface area contributed by atoms with Gasteiger partial charge in [-0.25, -0.2) is 4.98 Å². The highest BCUT2D eigenvalue weighted by molar-refractivity contribution is 7.13. The Hall–Kier alpha value is -3.13. The SMILES string of the molecule is O=C(Cc1csc(-c2cccnc2)n1)N1CCc2ccc([N+](=O)[O-])cc21. The molecule has 0 N–H and O–H groups in total. The van der Waals surface area contributed by atoms with Gasteiger partial charge >= 0.3 is 0 Å². The highest BCUT2D eigenvalue weighted by Crippen LogP contribution is 2.32. The minimum atomic E-state index is -0.443. The molecule has 0 fully saturated rings. The number of pyridine rings is 1. The van der Waals surface area contributed by atoms with Crippen LogP contribution in [0.5, 0.6) is 0 Å². The first kappa shape index (κ1) is 16.3. The summed E-state index contributed by atoms with van der Waals surface area (Å²) in [7, 11) is 0. The van der Waals surface area contributed by atoms with E-state index in [1.54, 1.807) is 23.4 Å². The molecule has 3 aromatic rings. The maximum atomic E-state index is 12.7. The Morgan fingerprint density at radius 2 is 2.23 bits per heavy atom. The smallest absolute Gasteiger partial charge is 0.271 e. The maximum absolute atomic E-state index is 12.7. The molecule has 1 aliphatic rings. The molecule has 0 unspecified atom stereocenters. The van der Waals surface area contributed by atoms with Crippen LogP contribution < -0.4 is 4.90 Å². The number of rotatable bonds is 4. The highest BCUT2D eigenvalue weighted by Gasteiger charge is 2.27. The Bertz CT molecular complexity index is 987. The van der Waals surface area contributed by atoms with E-state index in [-0.39, 0.29) is 18.0 Å². The molecule has 1 aliphatic heterocycles. The lowest BCUT2D eigenvalue weighted by molar-refractivity contribution is -0.384. The molecule has 4 rings (SSSR count). The minimum Gasteiger partial charge on any atom is -0.311 e. The van der Waals surface area contributed by atoms with Crippen molar-refractivity contribution in [2.75, 3.05) is 11.4 Å². The third kappa shape index (κ3) is 3.06. The number of hydrogen-bond donors (Lipinski definition) is 0. The van der Waals surface area contributed by atoms with E-state index in [0.29, 0.717) is 24.3 Å². The standard InChI is InChI=1S/C18H14N4O3S/c23-17(8-14-11-26-18(20-14)13-2-1-6-19-10-13)21-7-5-12-3-4-15(22(24)25)9-16(12)21/h1-4,6,9-11H,5,7-8H2. The molecule has 1 aromatic carbocycles. The summed E-state index contributed by atoms with van der Waals surface area (Å²) in [6.07, 6.45) is 4.31. The van der Waals surface area contributed by atoms with E-state index in [0.717, 1.165) is 16.1 Å². The van der Waals surface area contributed by atoms with Crippen molar-refractivity contribution < 1.29 is 9.72 Å². The molecule has 8 heteroatoms. The molecular formula is C18H14N4O3S. The van der Waals surface area contributed by atoms with Gasteiger partial charge in [-0.05, 0) is 24.1 Å². The fourth-order valence-electron chi connectivity index (χ4n) is 3.00. The number of thiazole rings is 1. The third-order valence-electron chi connectivity index (χ3n) is 4.27. The van der Waals surface area contributed by atoms with Crippen LogP contribution in [0.3, 0.4) is 0 Å². The Balaban J connectivity index is 1.53. The van der Waals surface area contributed by atoms with Crippen molar-refractivity contribution in [3.05, 3.63) is 69.5 Å². The summed E-state index contributed by atoms with van der Waals surface area (Å²) < 4.78 is 0. The second-order valence-corrected chi connectivity index (χ2v) is 6.79. The van der Waals surface area contributed by atoms with E-state index in [1.165, 1.54) is 23.5 Å². The van der Waals surface area contributed by atoms with Gasteiger partial charge in [0.05, 0.1) is 22.7 Å². The van der Waals surface area contributed by atoms with Crippen molar-refractivity contribution >= 4 is 28.6 Å². The van der Waals surface area contributed by atoms with Crippen LogP contribution >= 0.6 is 11.3 Å². The molecule has 1 amide bonds. The number of amides is 1. The van der Waals surface area contributed by atoms with Crippen LogP contribution in [0.1, 0.15) is 11.3 Å². The van der Waals surface area contributed by atoms with Crippen LogP contribution in [-0.4, -0.2) is 27.3 Å². The van der Waals surface area contributed by atoms with Gasteiger partial charge < -0.3 is 4.90 Å². The first-order chi connectivity index (χ1) is 12.6. The molecule has 7 nitrogen and oxygen atoms in total. The summed E-state index contributed by atoms with van der Waals surface area (Å²) in [6.45, 7) is 0.537. The second kappa shape index (κ2) is 6.64. The number of fused-ring (bicyclic) bond motifs is 1. The van der Waals surface area contributed by atoms with Crippen molar-refractivity contribution in [3.63, 3.8) is 0 Å². The van der Waals surface area contributed by atoms with Crippen LogP contribution in [0.4, 0.5) is 11.4 Å². The predicted octanol–water partition coefficient (Wildman–Crippen LogP) is 3.25. The Kier molecular flexibility index (Phi) is 4.18. The fraction of sp³-hybridized carbons (Fsp3) is 0.167. The number of anilines is 1. The number of carbonyl (C=O) groups is 1. The summed E-state index contributed by atoms with van der Waals surface area (Å²) in [6, 6.07) is 8.45. The summed E-state index contributed by atoms with van der Waals surface area (Å²) in [4.78, 5) is 33.5. The average Bonchev–Trinajstić information content (AvgIpc) is 3.28. The van der Waals surface area contributed by atoms with Crippen molar-refractivity contribution in [3.8, 4) is 10.6 Å². The quantitative estimate of drug-likeness (QED) is 0.522. The molecule has 0 saturated heterocycles. The van der Waals surface area contributed by atoms with Crippen molar-refractivity contribution in [2.45, 2.75) is 12.8 Å². The van der Waals surface area contributed by atoms with Crippen molar-refractivity contribution in [1.82, 2.24) is 9.97 Å². The van der Waals surface area contributed by atoms with Gasteiger partial charge in [0.1, 0.15) is 5.01 Å². The number of benzene rings is 1. The maximum Gasteiger partial charge on any atom is 0.271 e. The molecule has 2 aromatic heterocycles. The Morgan fingerprint density at radius 1 is 1.35 bits per heavy atom. The normalized spacial score (nSPS) is 12.8. The number of aromatic nitrogens is 2. The van der Waals surface area contributed by atoms with E-state index < -0.39 is 4.92 Å². The average molecular weight is 366 g/mol. The van der Waals surface area contributed by atoms with Crippen LogP contribution in [0.15, 0.2) is 48.1 Å². The Labute approximate surface area is 153 Å².